The van der Waals surface area contributed by atoms with E-state index in [1.54, 1.807) is 6.07 Å². The SMILES string of the molecule is CCCCCC(CCCCC)Nc1cc(F)ccc1C. The van der Waals surface area contributed by atoms with Gasteiger partial charge in [0.05, 0.1) is 0 Å². The summed E-state index contributed by atoms with van der Waals surface area (Å²) in [5, 5.41) is 3.57. The summed E-state index contributed by atoms with van der Waals surface area (Å²) in [6.45, 7) is 6.50. The number of benzene rings is 1. The van der Waals surface area contributed by atoms with Gasteiger partial charge >= 0.3 is 0 Å². The van der Waals surface area contributed by atoms with Gasteiger partial charge < -0.3 is 5.32 Å². The maximum atomic E-state index is 13.4. The molecule has 1 N–H and O–H groups in total. The molecule has 0 spiro atoms. The van der Waals surface area contributed by atoms with E-state index < -0.39 is 0 Å². The molecule has 0 heterocycles. The summed E-state index contributed by atoms with van der Waals surface area (Å²) in [5.74, 6) is -0.154. The minimum Gasteiger partial charge on any atom is -0.382 e. The fraction of sp³-hybridized carbons (Fsp3) is 0.667. The van der Waals surface area contributed by atoms with Crippen LogP contribution < -0.4 is 5.32 Å². The van der Waals surface area contributed by atoms with Crippen LogP contribution in [0.1, 0.15) is 70.8 Å². The number of hydrogen-bond acceptors (Lipinski definition) is 1. The second kappa shape index (κ2) is 9.79. The van der Waals surface area contributed by atoms with Crippen LogP contribution in [-0.2, 0) is 0 Å². The van der Waals surface area contributed by atoms with Crippen molar-refractivity contribution in [2.45, 2.75) is 78.2 Å². The quantitative estimate of drug-likeness (QED) is 0.512. The monoisotopic (exact) mass is 279 g/mol. The van der Waals surface area contributed by atoms with Crippen LogP contribution in [0.3, 0.4) is 0 Å². The Hall–Kier alpha value is -1.05. The van der Waals surface area contributed by atoms with Crippen molar-refractivity contribution in [3.63, 3.8) is 0 Å². The molecule has 0 aliphatic heterocycles. The van der Waals surface area contributed by atoms with Crippen molar-refractivity contribution >= 4 is 5.69 Å². The number of halogens is 1. The van der Waals surface area contributed by atoms with Crippen molar-refractivity contribution in [2.75, 3.05) is 5.32 Å². The third kappa shape index (κ3) is 6.40. The number of hydrogen-bond donors (Lipinski definition) is 1. The highest BCUT2D eigenvalue weighted by atomic mass is 19.1. The van der Waals surface area contributed by atoms with Crippen LogP contribution in [0.4, 0.5) is 10.1 Å². The first-order valence-electron chi connectivity index (χ1n) is 8.20. The number of rotatable bonds is 10. The maximum Gasteiger partial charge on any atom is 0.125 e. The van der Waals surface area contributed by atoms with Gasteiger partial charge in [-0.05, 0) is 37.5 Å². The number of nitrogens with one attached hydrogen (secondary N) is 1. The van der Waals surface area contributed by atoms with Crippen molar-refractivity contribution in [1.29, 1.82) is 0 Å². The summed E-state index contributed by atoms with van der Waals surface area (Å²) in [7, 11) is 0. The first-order valence-corrected chi connectivity index (χ1v) is 8.20. The Bertz CT molecular complexity index is 366. The highest BCUT2D eigenvalue weighted by Gasteiger charge is 2.10. The van der Waals surface area contributed by atoms with Gasteiger partial charge in [-0.25, -0.2) is 4.39 Å². The second-order valence-electron chi connectivity index (χ2n) is 5.79. The van der Waals surface area contributed by atoms with E-state index in [0.29, 0.717) is 6.04 Å². The van der Waals surface area contributed by atoms with Crippen molar-refractivity contribution in [3.8, 4) is 0 Å². The van der Waals surface area contributed by atoms with Crippen LogP contribution in [0, 0.1) is 12.7 Å². The van der Waals surface area contributed by atoms with E-state index in [-0.39, 0.29) is 5.82 Å². The maximum absolute atomic E-state index is 13.4. The number of anilines is 1. The van der Waals surface area contributed by atoms with E-state index in [4.69, 9.17) is 0 Å². The zero-order valence-electron chi connectivity index (χ0n) is 13.3. The molecule has 1 aromatic rings. The summed E-state index contributed by atoms with van der Waals surface area (Å²) in [5.41, 5.74) is 2.09. The van der Waals surface area contributed by atoms with Crippen molar-refractivity contribution in [3.05, 3.63) is 29.6 Å². The lowest BCUT2D eigenvalue weighted by atomic mass is 10.0. The highest BCUT2D eigenvalue weighted by Crippen LogP contribution is 2.21. The first kappa shape index (κ1) is 17.0. The molecule has 1 nitrogen and oxygen atoms in total. The normalized spacial score (nSPS) is 11.1. The molecule has 114 valence electrons. The Balaban J connectivity index is 2.58. The van der Waals surface area contributed by atoms with Crippen molar-refractivity contribution in [2.24, 2.45) is 0 Å². The molecule has 2 heteroatoms. The Morgan fingerprint density at radius 1 is 1.00 bits per heavy atom. The molecule has 0 aliphatic rings. The molecule has 0 bridgehead atoms. The number of aryl methyl sites for hydroxylation is 1. The molecule has 0 unspecified atom stereocenters. The van der Waals surface area contributed by atoms with Crippen molar-refractivity contribution in [1.82, 2.24) is 0 Å². The van der Waals surface area contributed by atoms with E-state index in [1.807, 2.05) is 13.0 Å². The Kier molecular flexibility index (Phi) is 8.32. The summed E-state index contributed by atoms with van der Waals surface area (Å²) in [4.78, 5) is 0. The van der Waals surface area contributed by atoms with Crippen LogP contribution in [0.5, 0.6) is 0 Å². The lowest BCUT2D eigenvalue weighted by Gasteiger charge is -2.21. The van der Waals surface area contributed by atoms with Crippen LogP contribution in [0.15, 0.2) is 18.2 Å². The molecular weight excluding hydrogens is 249 g/mol. The summed E-state index contributed by atoms with van der Waals surface area (Å²) in [6, 6.07) is 5.49. The van der Waals surface area contributed by atoms with Gasteiger partial charge in [-0.2, -0.15) is 0 Å². The minimum atomic E-state index is -0.154. The first-order chi connectivity index (χ1) is 9.67. The minimum absolute atomic E-state index is 0.154. The Labute approximate surface area is 124 Å². The number of unbranched alkanes of at least 4 members (excludes halogenated alkanes) is 4. The van der Waals surface area contributed by atoms with E-state index in [0.717, 1.165) is 11.3 Å². The van der Waals surface area contributed by atoms with E-state index in [9.17, 15) is 4.39 Å². The fourth-order valence-corrected chi connectivity index (χ4v) is 2.54. The van der Waals surface area contributed by atoms with Crippen LogP contribution >= 0.6 is 0 Å². The highest BCUT2D eigenvalue weighted by molar-refractivity contribution is 5.51. The molecule has 1 rings (SSSR count). The smallest absolute Gasteiger partial charge is 0.125 e. The van der Waals surface area contributed by atoms with E-state index in [2.05, 4.69) is 19.2 Å². The molecule has 0 aromatic heterocycles. The van der Waals surface area contributed by atoms with Gasteiger partial charge in [-0.3, -0.25) is 0 Å². The molecule has 0 atom stereocenters. The Morgan fingerprint density at radius 3 is 2.15 bits per heavy atom. The van der Waals surface area contributed by atoms with Crippen molar-refractivity contribution < 1.29 is 4.39 Å². The van der Waals surface area contributed by atoms with Gasteiger partial charge in [0.1, 0.15) is 5.82 Å². The molecule has 0 amide bonds. The second-order valence-corrected chi connectivity index (χ2v) is 5.79. The largest absolute Gasteiger partial charge is 0.382 e. The third-order valence-electron chi connectivity index (χ3n) is 3.87. The van der Waals surface area contributed by atoms with E-state index in [1.165, 1.54) is 57.4 Å². The summed E-state index contributed by atoms with van der Waals surface area (Å²) in [6.07, 6.45) is 9.97. The average Bonchev–Trinajstić information content (AvgIpc) is 2.43. The molecule has 0 aliphatic carbocycles. The van der Waals surface area contributed by atoms with Gasteiger partial charge in [-0.15, -0.1) is 0 Å². The summed E-state index contributed by atoms with van der Waals surface area (Å²) >= 11 is 0. The molecular formula is C18H30FN. The fourth-order valence-electron chi connectivity index (χ4n) is 2.54. The predicted molar refractivity (Wildman–Crippen MR) is 86.8 cm³/mol. The zero-order valence-corrected chi connectivity index (χ0v) is 13.3. The molecule has 0 fully saturated rings. The Morgan fingerprint density at radius 2 is 1.60 bits per heavy atom. The molecule has 20 heavy (non-hydrogen) atoms. The van der Waals surface area contributed by atoms with Gasteiger partial charge in [0, 0.05) is 11.7 Å². The molecule has 0 saturated heterocycles. The van der Waals surface area contributed by atoms with Gasteiger partial charge in [0.15, 0.2) is 0 Å². The van der Waals surface area contributed by atoms with Crippen LogP contribution in [-0.4, -0.2) is 6.04 Å². The molecule has 1 aromatic carbocycles. The third-order valence-corrected chi connectivity index (χ3v) is 3.87. The zero-order chi connectivity index (χ0) is 14.8. The van der Waals surface area contributed by atoms with Gasteiger partial charge in [-0.1, -0.05) is 58.4 Å². The van der Waals surface area contributed by atoms with Crippen LogP contribution in [0.2, 0.25) is 0 Å². The summed E-state index contributed by atoms with van der Waals surface area (Å²) < 4.78 is 13.4. The van der Waals surface area contributed by atoms with Gasteiger partial charge in [0.2, 0.25) is 0 Å². The van der Waals surface area contributed by atoms with Gasteiger partial charge in [0.25, 0.3) is 0 Å². The average molecular weight is 279 g/mol. The lowest BCUT2D eigenvalue weighted by molar-refractivity contribution is 0.525. The van der Waals surface area contributed by atoms with Crippen LogP contribution in [0.25, 0.3) is 0 Å². The standard InChI is InChI=1S/C18H30FN/c1-4-6-8-10-17(11-9-7-5-2)20-18-14-16(19)13-12-15(18)3/h12-14,17,20H,4-11H2,1-3H3. The predicted octanol–water partition coefficient (Wildman–Crippen LogP) is 6.08. The lowest BCUT2D eigenvalue weighted by Crippen LogP contribution is -2.20. The molecule has 0 saturated carbocycles. The molecule has 0 radical (unpaired) electrons. The van der Waals surface area contributed by atoms with E-state index >= 15 is 0 Å². The topological polar surface area (TPSA) is 12.0 Å².